The maximum absolute atomic E-state index is 11.3. The molecule has 104 valence electrons. The third-order valence-electron chi connectivity index (χ3n) is 2.67. The van der Waals surface area contributed by atoms with Gasteiger partial charge < -0.3 is 4.74 Å². The summed E-state index contributed by atoms with van der Waals surface area (Å²) in [4.78, 5) is 23.4. The zero-order valence-corrected chi connectivity index (χ0v) is 11.2. The van der Waals surface area contributed by atoms with Crippen molar-refractivity contribution in [3.05, 3.63) is 39.9 Å². The van der Waals surface area contributed by atoms with Crippen molar-refractivity contribution >= 4 is 11.7 Å². The number of hydrogen-bond donors (Lipinski definition) is 0. The minimum absolute atomic E-state index is 0.0683. The van der Waals surface area contributed by atoms with Gasteiger partial charge in [0, 0.05) is 18.7 Å². The molecule has 0 atom stereocenters. The first-order valence-electron chi connectivity index (χ1n) is 6.09. The van der Waals surface area contributed by atoms with Crippen molar-refractivity contribution in [1.29, 1.82) is 0 Å². The SMILES string of the molecule is CCCN(CC(=O)OC)Cc1ccc([N+](=O)[O-])cc1. The Morgan fingerprint density at radius 1 is 1.37 bits per heavy atom. The van der Waals surface area contributed by atoms with Crippen LogP contribution in [-0.4, -0.2) is 36.0 Å². The molecule has 6 nitrogen and oxygen atoms in total. The Bertz CT molecular complexity index is 431. The van der Waals surface area contributed by atoms with Gasteiger partial charge in [-0.2, -0.15) is 0 Å². The quantitative estimate of drug-likeness (QED) is 0.428. The summed E-state index contributed by atoms with van der Waals surface area (Å²) in [5.74, 6) is -0.282. The second kappa shape index (κ2) is 7.48. The molecule has 1 aromatic rings. The van der Waals surface area contributed by atoms with Crippen LogP contribution < -0.4 is 0 Å². The summed E-state index contributed by atoms with van der Waals surface area (Å²) in [6, 6.07) is 6.35. The standard InChI is InChI=1S/C13H18N2O4/c1-3-8-14(10-13(16)19-2)9-11-4-6-12(7-5-11)15(17)18/h4-7H,3,8-10H2,1-2H3. The van der Waals surface area contributed by atoms with E-state index in [1.807, 2.05) is 11.8 Å². The maximum atomic E-state index is 11.3. The predicted octanol–water partition coefficient (Wildman–Crippen LogP) is 1.98. The maximum Gasteiger partial charge on any atom is 0.319 e. The van der Waals surface area contributed by atoms with Crippen LogP contribution in [0.2, 0.25) is 0 Å². The van der Waals surface area contributed by atoms with Gasteiger partial charge in [0.2, 0.25) is 0 Å². The molecule has 0 amide bonds. The zero-order valence-electron chi connectivity index (χ0n) is 11.2. The number of ether oxygens (including phenoxy) is 1. The number of carbonyl (C=O) groups is 1. The molecule has 0 N–H and O–H groups in total. The van der Waals surface area contributed by atoms with Gasteiger partial charge in [0.05, 0.1) is 18.6 Å². The molecule has 0 aliphatic rings. The minimum Gasteiger partial charge on any atom is -0.468 e. The molecular weight excluding hydrogens is 248 g/mol. The van der Waals surface area contributed by atoms with Gasteiger partial charge >= 0.3 is 5.97 Å². The molecule has 0 heterocycles. The van der Waals surface area contributed by atoms with E-state index in [-0.39, 0.29) is 18.2 Å². The Labute approximate surface area is 112 Å². The Balaban J connectivity index is 2.67. The van der Waals surface area contributed by atoms with Crippen molar-refractivity contribution in [3.63, 3.8) is 0 Å². The first-order chi connectivity index (χ1) is 9.06. The molecular formula is C13H18N2O4. The average molecular weight is 266 g/mol. The number of non-ortho nitro benzene ring substituents is 1. The molecule has 0 saturated heterocycles. The third kappa shape index (κ3) is 5.05. The van der Waals surface area contributed by atoms with Crippen molar-refractivity contribution in [1.82, 2.24) is 4.90 Å². The first-order valence-corrected chi connectivity index (χ1v) is 6.09. The monoisotopic (exact) mass is 266 g/mol. The van der Waals surface area contributed by atoms with Crippen molar-refractivity contribution in [3.8, 4) is 0 Å². The van der Waals surface area contributed by atoms with Gasteiger partial charge in [-0.25, -0.2) is 0 Å². The van der Waals surface area contributed by atoms with Crippen LogP contribution in [0.5, 0.6) is 0 Å². The van der Waals surface area contributed by atoms with E-state index in [2.05, 4.69) is 4.74 Å². The van der Waals surface area contributed by atoms with Crippen molar-refractivity contribution in [2.45, 2.75) is 19.9 Å². The van der Waals surface area contributed by atoms with E-state index in [1.54, 1.807) is 12.1 Å². The number of benzene rings is 1. The van der Waals surface area contributed by atoms with Gasteiger partial charge in [-0.15, -0.1) is 0 Å². The number of carbonyl (C=O) groups excluding carboxylic acids is 1. The molecule has 0 aromatic heterocycles. The summed E-state index contributed by atoms with van der Waals surface area (Å²) < 4.78 is 4.65. The van der Waals surface area contributed by atoms with Gasteiger partial charge in [-0.3, -0.25) is 19.8 Å². The second-order valence-electron chi connectivity index (χ2n) is 4.21. The van der Waals surface area contributed by atoms with Crippen molar-refractivity contribution < 1.29 is 14.5 Å². The predicted molar refractivity (Wildman–Crippen MR) is 70.7 cm³/mol. The van der Waals surface area contributed by atoms with Crippen molar-refractivity contribution in [2.24, 2.45) is 0 Å². The Morgan fingerprint density at radius 2 is 2.00 bits per heavy atom. The van der Waals surface area contributed by atoms with Crippen LogP contribution in [-0.2, 0) is 16.1 Å². The molecule has 0 aliphatic heterocycles. The smallest absolute Gasteiger partial charge is 0.319 e. The Hall–Kier alpha value is -1.95. The summed E-state index contributed by atoms with van der Waals surface area (Å²) in [6.45, 7) is 3.59. The van der Waals surface area contributed by atoms with E-state index >= 15 is 0 Å². The number of rotatable bonds is 7. The van der Waals surface area contributed by atoms with Gasteiger partial charge in [-0.05, 0) is 18.5 Å². The number of nitro benzene ring substituents is 1. The Morgan fingerprint density at radius 3 is 2.47 bits per heavy atom. The first kappa shape index (κ1) is 15.1. The Kier molecular flexibility index (Phi) is 5.95. The number of hydrogen-bond acceptors (Lipinski definition) is 5. The number of nitrogens with zero attached hydrogens (tertiary/aromatic N) is 2. The number of esters is 1. The normalized spacial score (nSPS) is 10.5. The summed E-state index contributed by atoms with van der Waals surface area (Å²) in [7, 11) is 1.36. The van der Waals surface area contributed by atoms with E-state index in [0.29, 0.717) is 6.54 Å². The molecule has 0 spiro atoms. The molecule has 19 heavy (non-hydrogen) atoms. The number of methoxy groups -OCH3 is 1. The molecule has 1 aromatic carbocycles. The van der Waals surface area contributed by atoms with Crippen LogP contribution in [0.1, 0.15) is 18.9 Å². The largest absolute Gasteiger partial charge is 0.468 e. The van der Waals surface area contributed by atoms with Crippen LogP contribution in [0.4, 0.5) is 5.69 Å². The highest BCUT2D eigenvalue weighted by Gasteiger charge is 2.11. The van der Waals surface area contributed by atoms with Gasteiger partial charge in [-0.1, -0.05) is 19.1 Å². The lowest BCUT2D eigenvalue weighted by atomic mass is 10.2. The summed E-state index contributed by atoms with van der Waals surface area (Å²) in [5, 5.41) is 10.6. The van der Waals surface area contributed by atoms with Gasteiger partial charge in [0.1, 0.15) is 0 Å². The molecule has 0 bridgehead atoms. The van der Waals surface area contributed by atoms with E-state index < -0.39 is 4.92 Å². The van der Waals surface area contributed by atoms with Crippen LogP contribution in [0, 0.1) is 10.1 Å². The lowest BCUT2D eigenvalue weighted by Gasteiger charge is -2.20. The fourth-order valence-electron chi connectivity index (χ4n) is 1.76. The van der Waals surface area contributed by atoms with Crippen LogP contribution in [0.3, 0.4) is 0 Å². The second-order valence-corrected chi connectivity index (χ2v) is 4.21. The van der Waals surface area contributed by atoms with Gasteiger partial charge in [0.15, 0.2) is 0 Å². The highest BCUT2D eigenvalue weighted by atomic mass is 16.6. The fourth-order valence-corrected chi connectivity index (χ4v) is 1.76. The summed E-state index contributed by atoms with van der Waals surface area (Å²) in [6.07, 6.45) is 0.921. The highest BCUT2D eigenvalue weighted by Crippen LogP contribution is 2.13. The van der Waals surface area contributed by atoms with Gasteiger partial charge in [0.25, 0.3) is 5.69 Å². The third-order valence-corrected chi connectivity index (χ3v) is 2.67. The fraction of sp³-hybridized carbons (Fsp3) is 0.462. The van der Waals surface area contributed by atoms with Crippen LogP contribution in [0.15, 0.2) is 24.3 Å². The number of nitro groups is 1. The zero-order chi connectivity index (χ0) is 14.3. The van der Waals surface area contributed by atoms with Crippen LogP contribution >= 0.6 is 0 Å². The molecule has 0 aliphatic carbocycles. The van der Waals surface area contributed by atoms with E-state index in [1.165, 1.54) is 19.2 Å². The summed E-state index contributed by atoms with van der Waals surface area (Å²) >= 11 is 0. The molecule has 0 saturated carbocycles. The molecule has 0 unspecified atom stereocenters. The van der Waals surface area contributed by atoms with E-state index in [0.717, 1.165) is 18.5 Å². The summed E-state index contributed by atoms with van der Waals surface area (Å²) in [5.41, 5.74) is 1.00. The van der Waals surface area contributed by atoms with E-state index in [4.69, 9.17) is 0 Å². The molecule has 1 rings (SSSR count). The lowest BCUT2D eigenvalue weighted by molar-refractivity contribution is -0.384. The topological polar surface area (TPSA) is 72.7 Å². The molecule has 6 heteroatoms. The molecule has 0 radical (unpaired) electrons. The van der Waals surface area contributed by atoms with Crippen molar-refractivity contribution in [2.75, 3.05) is 20.2 Å². The molecule has 0 fully saturated rings. The van der Waals surface area contributed by atoms with Crippen LogP contribution in [0.25, 0.3) is 0 Å². The highest BCUT2D eigenvalue weighted by molar-refractivity contribution is 5.71. The average Bonchev–Trinajstić information content (AvgIpc) is 2.39. The van der Waals surface area contributed by atoms with E-state index in [9.17, 15) is 14.9 Å². The minimum atomic E-state index is -0.429. The lowest BCUT2D eigenvalue weighted by Crippen LogP contribution is -2.30.